The van der Waals surface area contributed by atoms with Gasteiger partial charge in [0.05, 0.1) is 23.0 Å². The van der Waals surface area contributed by atoms with Gasteiger partial charge in [-0.3, -0.25) is 0 Å². The number of aromatic nitrogens is 2. The Morgan fingerprint density at radius 1 is 0.897 bits per heavy atom. The lowest BCUT2D eigenvalue weighted by Gasteiger charge is -2.63. The second-order valence-corrected chi connectivity index (χ2v) is 10.2. The van der Waals surface area contributed by atoms with Crippen molar-refractivity contribution in [2.75, 3.05) is 4.90 Å². The van der Waals surface area contributed by atoms with Crippen LogP contribution < -0.4 is 4.90 Å². The van der Waals surface area contributed by atoms with Crippen molar-refractivity contribution >= 4 is 11.3 Å². The van der Waals surface area contributed by atoms with Crippen molar-refractivity contribution in [1.82, 2.24) is 9.38 Å². The molecule has 3 heteroatoms. The third-order valence-corrected chi connectivity index (χ3v) is 8.88. The number of pyridine rings is 1. The molecule has 1 unspecified atom stereocenters. The standard InChI is InChI=1S/C26H29N3/c1-16-7-3-4-8-22(16)29-17(2)24-25(28-10-6-5-9-23(28)27-24)26(29)20-12-18-11-19(14-20)15-21(26)13-18/h3-10,17-21H,11-15H2,1-2H3. The zero-order chi connectivity index (χ0) is 19.3. The highest BCUT2D eigenvalue weighted by Gasteiger charge is 2.66. The molecule has 0 radical (unpaired) electrons. The molecule has 1 spiro atoms. The fourth-order valence-electron chi connectivity index (χ4n) is 8.18. The van der Waals surface area contributed by atoms with Crippen molar-refractivity contribution in [3.63, 3.8) is 0 Å². The van der Waals surface area contributed by atoms with Gasteiger partial charge in [0.1, 0.15) is 5.65 Å². The van der Waals surface area contributed by atoms with Crippen LogP contribution in [0.2, 0.25) is 0 Å². The van der Waals surface area contributed by atoms with E-state index < -0.39 is 0 Å². The lowest BCUT2D eigenvalue weighted by Crippen LogP contribution is -2.62. The van der Waals surface area contributed by atoms with Crippen molar-refractivity contribution in [3.8, 4) is 0 Å². The average Bonchev–Trinajstić information content (AvgIpc) is 3.21. The maximum Gasteiger partial charge on any atom is 0.137 e. The van der Waals surface area contributed by atoms with Crippen molar-refractivity contribution in [1.29, 1.82) is 0 Å². The number of rotatable bonds is 1. The third-order valence-electron chi connectivity index (χ3n) is 8.88. The zero-order valence-electron chi connectivity index (χ0n) is 17.4. The van der Waals surface area contributed by atoms with Gasteiger partial charge in [0.25, 0.3) is 0 Å². The number of benzene rings is 1. The summed E-state index contributed by atoms with van der Waals surface area (Å²) in [6.07, 6.45) is 9.37. The number of imidazole rings is 1. The highest BCUT2D eigenvalue weighted by molar-refractivity contribution is 5.65. The van der Waals surface area contributed by atoms with Gasteiger partial charge in [0.2, 0.25) is 0 Å². The fourth-order valence-corrected chi connectivity index (χ4v) is 8.18. The highest BCUT2D eigenvalue weighted by atomic mass is 15.3. The summed E-state index contributed by atoms with van der Waals surface area (Å²) in [6.45, 7) is 4.69. The molecule has 1 aliphatic heterocycles. The number of nitrogens with zero attached hydrogens (tertiary/aromatic N) is 3. The van der Waals surface area contributed by atoms with Gasteiger partial charge in [-0.05, 0) is 93.4 Å². The predicted octanol–water partition coefficient (Wildman–Crippen LogP) is 5.88. The van der Waals surface area contributed by atoms with E-state index in [1.807, 2.05) is 0 Å². The van der Waals surface area contributed by atoms with Crippen LogP contribution in [-0.4, -0.2) is 9.38 Å². The Labute approximate surface area is 172 Å². The maximum atomic E-state index is 5.21. The number of fused-ring (bicyclic) bond motifs is 3. The van der Waals surface area contributed by atoms with Gasteiger partial charge in [-0.15, -0.1) is 0 Å². The Morgan fingerprint density at radius 3 is 2.31 bits per heavy atom. The molecule has 0 saturated heterocycles. The first-order valence-corrected chi connectivity index (χ1v) is 11.5. The van der Waals surface area contributed by atoms with Crippen LogP contribution in [0.4, 0.5) is 5.69 Å². The molecular formula is C26H29N3. The molecule has 3 heterocycles. The molecule has 29 heavy (non-hydrogen) atoms. The minimum atomic E-state index is 0.106. The van der Waals surface area contributed by atoms with E-state index in [1.165, 1.54) is 54.7 Å². The predicted molar refractivity (Wildman–Crippen MR) is 116 cm³/mol. The van der Waals surface area contributed by atoms with Gasteiger partial charge in [-0.25, -0.2) is 4.98 Å². The first-order valence-electron chi connectivity index (χ1n) is 11.5. The van der Waals surface area contributed by atoms with Gasteiger partial charge in [-0.2, -0.15) is 0 Å². The first-order chi connectivity index (χ1) is 14.2. The average molecular weight is 384 g/mol. The Kier molecular flexibility index (Phi) is 3.10. The summed E-state index contributed by atoms with van der Waals surface area (Å²) in [5, 5.41) is 0. The lowest BCUT2D eigenvalue weighted by molar-refractivity contribution is -0.0623. The van der Waals surface area contributed by atoms with Crippen LogP contribution in [0.25, 0.3) is 5.65 Å². The molecular weight excluding hydrogens is 354 g/mol. The van der Waals surface area contributed by atoms with Crippen molar-refractivity contribution < 1.29 is 0 Å². The molecule has 4 aliphatic carbocycles. The fraction of sp³-hybridized carbons (Fsp3) is 0.500. The molecule has 148 valence electrons. The van der Waals surface area contributed by atoms with E-state index in [0.717, 1.165) is 29.3 Å². The number of aryl methyl sites for hydroxylation is 1. The van der Waals surface area contributed by atoms with Crippen LogP contribution in [0.15, 0.2) is 48.7 Å². The van der Waals surface area contributed by atoms with Gasteiger partial charge < -0.3 is 9.30 Å². The SMILES string of the molecule is Cc1ccccc1N1C(C)c2nc3ccccn3c2C12C1CC3CC(C1)CC2C3. The summed E-state index contributed by atoms with van der Waals surface area (Å²) >= 11 is 0. The summed E-state index contributed by atoms with van der Waals surface area (Å²) in [5.74, 6) is 3.42. The number of hydrogen-bond acceptors (Lipinski definition) is 2. The molecule has 0 N–H and O–H groups in total. The van der Waals surface area contributed by atoms with E-state index in [0.29, 0.717) is 6.04 Å². The third kappa shape index (κ3) is 1.88. The van der Waals surface area contributed by atoms with E-state index >= 15 is 0 Å². The van der Waals surface area contributed by atoms with E-state index in [1.54, 1.807) is 0 Å². The van der Waals surface area contributed by atoms with Crippen LogP contribution in [0, 0.1) is 30.6 Å². The molecule has 2 aromatic heterocycles. The van der Waals surface area contributed by atoms with Crippen molar-refractivity contribution in [2.24, 2.45) is 23.7 Å². The molecule has 5 aliphatic rings. The van der Waals surface area contributed by atoms with Gasteiger partial charge >= 0.3 is 0 Å². The van der Waals surface area contributed by atoms with E-state index in [2.05, 4.69) is 71.8 Å². The Bertz CT molecular complexity index is 1100. The molecule has 0 amide bonds. The first kappa shape index (κ1) is 16.5. The summed E-state index contributed by atoms with van der Waals surface area (Å²) in [5.41, 5.74) is 6.91. The molecule has 1 aromatic carbocycles. The summed E-state index contributed by atoms with van der Waals surface area (Å²) in [6, 6.07) is 15.9. The smallest absolute Gasteiger partial charge is 0.137 e. The number of para-hydroxylation sites is 1. The number of hydrogen-bond donors (Lipinski definition) is 0. The monoisotopic (exact) mass is 383 g/mol. The maximum absolute atomic E-state index is 5.21. The van der Waals surface area contributed by atoms with Crippen LogP contribution >= 0.6 is 0 Å². The lowest BCUT2D eigenvalue weighted by atomic mass is 9.47. The van der Waals surface area contributed by atoms with Crippen molar-refractivity contribution in [2.45, 2.75) is 57.5 Å². The minimum Gasteiger partial charge on any atom is -0.351 e. The largest absolute Gasteiger partial charge is 0.351 e. The molecule has 3 aromatic rings. The topological polar surface area (TPSA) is 20.5 Å². The van der Waals surface area contributed by atoms with E-state index in [4.69, 9.17) is 4.98 Å². The van der Waals surface area contributed by atoms with Crippen LogP contribution in [0.3, 0.4) is 0 Å². The molecule has 4 bridgehead atoms. The molecule has 3 nitrogen and oxygen atoms in total. The van der Waals surface area contributed by atoms with Gasteiger partial charge in [0.15, 0.2) is 0 Å². The van der Waals surface area contributed by atoms with Crippen LogP contribution in [-0.2, 0) is 5.54 Å². The van der Waals surface area contributed by atoms with E-state index in [-0.39, 0.29) is 5.54 Å². The summed E-state index contributed by atoms with van der Waals surface area (Å²) < 4.78 is 2.45. The van der Waals surface area contributed by atoms with Gasteiger partial charge in [-0.1, -0.05) is 24.3 Å². The van der Waals surface area contributed by atoms with Crippen LogP contribution in [0.1, 0.15) is 62.0 Å². The second-order valence-electron chi connectivity index (χ2n) is 10.2. The highest BCUT2D eigenvalue weighted by Crippen LogP contribution is 2.68. The Hall–Kier alpha value is -2.29. The minimum absolute atomic E-state index is 0.106. The second kappa shape index (κ2) is 5.44. The van der Waals surface area contributed by atoms with E-state index in [9.17, 15) is 0 Å². The quantitative estimate of drug-likeness (QED) is 0.523. The Morgan fingerprint density at radius 2 is 1.59 bits per heavy atom. The molecule has 8 rings (SSSR count). The molecule has 1 atom stereocenters. The molecule has 4 fully saturated rings. The zero-order valence-corrected chi connectivity index (χ0v) is 17.4. The summed E-state index contributed by atoms with van der Waals surface area (Å²) in [7, 11) is 0. The van der Waals surface area contributed by atoms with Crippen LogP contribution in [0.5, 0.6) is 0 Å². The van der Waals surface area contributed by atoms with Crippen molar-refractivity contribution in [3.05, 3.63) is 65.6 Å². The summed E-state index contributed by atoms with van der Waals surface area (Å²) in [4.78, 5) is 8.05. The number of anilines is 1. The van der Waals surface area contributed by atoms with Gasteiger partial charge in [0, 0.05) is 11.9 Å². The normalized spacial score (nSPS) is 37.0. The molecule has 4 saturated carbocycles. The Balaban J connectivity index is 1.55.